The maximum Gasteiger partial charge on any atom is 0.241 e. The monoisotopic (exact) mass is 376 g/mol. The molecule has 7 heteroatoms. The lowest BCUT2D eigenvalue weighted by molar-refractivity contribution is -0.119. The predicted octanol–water partition coefficient (Wildman–Crippen LogP) is 1.95. The van der Waals surface area contributed by atoms with Crippen LogP contribution in [0.3, 0.4) is 0 Å². The lowest BCUT2D eigenvalue weighted by atomic mass is 10.1. The molecule has 0 aliphatic heterocycles. The van der Waals surface area contributed by atoms with Gasteiger partial charge in [-0.05, 0) is 55.2 Å². The van der Waals surface area contributed by atoms with E-state index < -0.39 is 10.0 Å². The molecule has 0 bridgehead atoms. The Kier molecular flexibility index (Phi) is 6.76. The van der Waals surface area contributed by atoms with E-state index in [2.05, 4.69) is 10.0 Å². The summed E-state index contributed by atoms with van der Waals surface area (Å²) in [5.74, 6) is 0.386. The lowest BCUT2D eigenvalue weighted by Crippen LogP contribution is -2.37. The Morgan fingerprint density at radius 1 is 1.12 bits per heavy atom. The molecular formula is C19H24N2O4S. The summed E-state index contributed by atoms with van der Waals surface area (Å²) in [6.45, 7) is 3.66. The van der Waals surface area contributed by atoms with Crippen molar-refractivity contribution in [2.75, 3.05) is 20.2 Å². The molecule has 1 amide bonds. The van der Waals surface area contributed by atoms with E-state index in [1.54, 1.807) is 26.2 Å². The van der Waals surface area contributed by atoms with Crippen molar-refractivity contribution >= 4 is 15.9 Å². The van der Waals surface area contributed by atoms with Crippen molar-refractivity contribution in [3.63, 3.8) is 0 Å². The van der Waals surface area contributed by atoms with Gasteiger partial charge in [0.05, 0.1) is 18.6 Å². The number of carbonyl (C=O) groups is 1. The number of hydrogen-bond acceptors (Lipinski definition) is 4. The number of nitrogens with one attached hydrogen (secondary N) is 2. The molecule has 140 valence electrons. The smallest absolute Gasteiger partial charge is 0.241 e. The summed E-state index contributed by atoms with van der Waals surface area (Å²) in [5, 5.41) is 2.71. The molecule has 0 atom stereocenters. The number of rotatable bonds is 8. The van der Waals surface area contributed by atoms with E-state index in [1.165, 1.54) is 0 Å². The summed E-state index contributed by atoms with van der Waals surface area (Å²) in [6.07, 6.45) is 0.632. The van der Waals surface area contributed by atoms with Gasteiger partial charge in [0.2, 0.25) is 15.9 Å². The van der Waals surface area contributed by atoms with Crippen molar-refractivity contribution < 1.29 is 17.9 Å². The first-order valence-corrected chi connectivity index (χ1v) is 9.76. The van der Waals surface area contributed by atoms with Crippen molar-refractivity contribution in [3.05, 3.63) is 59.2 Å². The molecule has 0 fully saturated rings. The van der Waals surface area contributed by atoms with Gasteiger partial charge in [-0.3, -0.25) is 4.79 Å². The number of benzene rings is 2. The Hall–Kier alpha value is -2.38. The first-order valence-electron chi connectivity index (χ1n) is 8.28. The Bertz CT molecular complexity index is 879. The van der Waals surface area contributed by atoms with Crippen molar-refractivity contribution in [2.24, 2.45) is 0 Å². The summed E-state index contributed by atoms with van der Waals surface area (Å²) >= 11 is 0. The molecule has 2 rings (SSSR count). The second-order valence-corrected chi connectivity index (χ2v) is 7.78. The predicted molar refractivity (Wildman–Crippen MR) is 101 cm³/mol. The van der Waals surface area contributed by atoms with Gasteiger partial charge in [0.15, 0.2) is 0 Å². The number of hydrogen-bond donors (Lipinski definition) is 2. The van der Waals surface area contributed by atoms with Gasteiger partial charge in [-0.25, -0.2) is 13.1 Å². The van der Waals surface area contributed by atoms with Crippen LogP contribution in [0.1, 0.15) is 16.7 Å². The van der Waals surface area contributed by atoms with Crippen molar-refractivity contribution in [1.82, 2.24) is 10.0 Å². The van der Waals surface area contributed by atoms with Gasteiger partial charge in [0, 0.05) is 6.54 Å². The molecule has 0 spiro atoms. The number of methoxy groups -OCH3 is 1. The number of carbonyl (C=O) groups excluding carboxylic acids is 1. The third kappa shape index (κ3) is 5.57. The number of sulfonamides is 1. The number of ether oxygens (including phenoxy) is 1. The molecule has 26 heavy (non-hydrogen) atoms. The molecule has 0 radical (unpaired) electrons. The quantitative estimate of drug-likeness (QED) is 0.737. The zero-order valence-electron chi connectivity index (χ0n) is 15.2. The molecule has 2 aromatic rings. The normalized spacial score (nSPS) is 11.2. The number of aryl methyl sites for hydroxylation is 2. The highest BCUT2D eigenvalue weighted by atomic mass is 32.2. The van der Waals surface area contributed by atoms with Crippen molar-refractivity contribution in [3.8, 4) is 5.75 Å². The van der Waals surface area contributed by atoms with Crippen LogP contribution in [0, 0.1) is 13.8 Å². The summed E-state index contributed by atoms with van der Waals surface area (Å²) in [5.41, 5.74) is 2.51. The molecule has 0 aliphatic carbocycles. The topological polar surface area (TPSA) is 84.5 Å². The van der Waals surface area contributed by atoms with Crippen LogP contribution in [0.5, 0.6) is 5.75 Å². The van der Waals surface area contributed by atoms with Crippen LogP contribution in [-0.4, -0.2) is 34.5 Å². The lowest BCUT2D eigenvalue weighted by Gasteiger charge is -2.11. The molecule has 0 saturated heterocycles. The third-order valence-electron chi connectivity index (χ3n) is 3.93. The SMILES string of the molecule is COc1cccc(CCNC(=O)CNS(=O)(=O)c2cc(C)ccc2C)c1. The molecule has 0 saturated carbocycles. The molecule has 0 unspecified atom stereocenters. The van der Waals surface area contributed by atoms with Crippen LogP contribution in [0.25, 0.3) is 0 Å². The van der Waals surface area contributed by atoms with Crippen molar-refractivity contribution in [1.29, 1.82) is 0 Å². The fraction of sp³-hybridized carbons (Fsp3) is 0.316. The summed E-state index contributed by atoms with van der Waals surface area (Å²) < 4.78 is 32.2. The molecule has 2 aromatic carbocycles. The zero-order chi connectivity index (χ0) is 19.2. The summed E-state index contributed by atoms with van der Waals surface area (Å²) in [7, 11) is -2.12. The van der Waals surface area contributed by atoms with Crippen LogP contribution in [0.4, 0.5) is 0 Å². The standard InChI is InChI=1S/C19H24N2O4S/c1-14-7-8-15(2)18(11-14)26(23,24)21-13-19(22)20-10-9-16-5-4-6-17(12-16)25-3/h4-8,11-12,21H,9-10,13H2,1-3H3,(H,20,22). The number of amides is 1. The Balaban J connectivity index is 1.85. The van der Waals surface area contributed by atoms with Gasteiger partial charge < -0.3 is 10.1 Å². The van der Waals surface area contributed by atoms with Gasteiger partial charge >= 0.3 is 0 Å². The van der Waals surface area contributed by atoms with E-state index in [0.717, 1.165) is 16.9 Å². The minimum Gasteiger partial charge on any atom is -0.497 e. The third-order valence-corrected chi connectivity index (χ3v) is 5.47. The first-order chi connectivity index (χ1) is 12.3. The van der Waals surface area contributed by atoms with Crippen LogP contribution < -0.4 is 14.8 Å². The van der Waals surface area contributed by atoms with E-state index in [-0.39, 0.29) is 17.3 Å². The Labute approximate surface area is 154 Å². The maximum absolute atomic E-state index is 12.4. The van der Waals surface area contributed by atoms with E-state index in [9.17, 15) is 13.2 Å². The van der Waals surface area contributed by atoms with E-state index in [0.29, 0.717) is 18.5 Å². The van der Waals surface area contributed by atoms with Gasteiger partial charge in [0.25, 0.3) is 0 Å². The average molecular weight is 376 g/mol. The van der Waals surface area contributed by atoms with Gasteiger partial charge in [-0.2, -0.15) is 0 Å². The van der Waals surface area contributed by atoms with E-state index >= 15 is 0 Å². The molecular weight excluding hydrogens is 352 g/mol. The Morgan fingerprint density at radius 3 is 2.62 bits per heavy atom. The van der Waals surface area contributed by atoms with Crippen LogP contribution in [0.2, 0.25) is 0 Å². The minimum atomic E-state index is -3.72. The molecule has 0 heterocycles. The van der Waals surface area contributed by atoms with E-state index in [1.807, 2.05) is 37.3 Å². The fourth-order valence-electron chi connectivity index (χ4n) is 2.47. The van der Waals surface area contributed by atoms with Gasteiger partial charge in [0.1, 0.15) is 5.75 Å². The summed E-state index contributed by atoms with van der Waals surface area (Å²) in [6, 6.07) is 12.8. The van der Waals surface area contributed by atoms with Crippen molar-refractivity contribution in [2.45, 2.75) is 25.2 Å². The molecule has 0 aromatic heterocycles. The molecule has 0 aliphatic rings. The largest absolute Gasteiger partial charge is 0.497 e. The highest BCUT2D eigenvalue weighted by Crippen LogP contribution is 2.16. The second kappa shape index (κ2) is 8.82. The van der Waals surface area contributed by atoms with Gasteiger partial charge in [-0.1, -0.05) is 24.3 Å². The fourth-order valence-corrected chi connectivity index (χ4v) is 3.78. The molecule has 2 N–H and O–H groups in total. The Morgan fingerprint density at radius 2 is 1.88 bits per heavy atom. The molecule has 6 nitrogen and oxygen atoms in total. The maximum atomic E-state index is 12.4. The van der Waals surface area contributed by atoms with E-state index in [4.69, 9.17) is 4.74 Å². The highest BCUT2D eigenvalue weighted by Gasteiger charge is 2.17. The van der Waals surface area contributed by atoms with Crippen LogP contribution >= 0.6 is 0 Å². The minimum absolute atomic E-state index is 0.196. The highest BCUT2D eigenvalue weighted by molar-refractivity contribution is 7.89. The van der Waals surface area contributed by atoms with Crippen LogP contribution in [0.15, 0.2) is 47.4 Å². The summed E-state index contributed by atoms with van der Waals surface area (Å²) in [4.78, 5) is 12.1. The zero-order valence-corrected chi connectivity index (χ0v) is 16.0. The van der Waals surface area contributed by atoms with Gasteiger partial charge in [-0.15, -0.1) is 0 Å². The van der Waals surface area contributed by atoms with Crippen LogP contribution in [-0.2, 0) is 21.2 Å². The first kappa shape index (κ1) is 19.9. The average Bonchev–Trinajstić information content (AvgIpc) is 2.62. The second-order valence-electron chi connectivity index (χ2n) is 6.04.